The van der Waals surface area contributed by atoms with Crippen LogP contribution < -0.4 is 14.8 Å². The van der Waals surface area contributed by atoms with E-state index >= 15 is 0 Å². The molecule has 2 aromatic rings. The summed E-state index contributed by atoms with van der Waals surface area (Å²) in [6.45, 7) is 6.55. The lowest BCUT2D eigenvalue weighted by Gasteiger charge is -2.24. The minimum Gasteiger partial charge on any atom is -0.450 e. The quantitative estimate of drug-likeness (QED) is 0.302. The molecule has 0 saturated carbocycles. The lowest BCUT2D eigenvalue weighted by molar-refractivity contribution is 0.443. The van der Waals surface area contributed by atoms with Crippen molar-refractivity contribution in [2.24, 2.45) is 9.98 Å². The second kappa shape index (κ2) is 9.30. The fourth-order valence-corrected chi connectivity index (χ4v) is 3.48. The molecule has 10 heteroatoms. The first-order valence-electron chi connectivity index (χ1n) is 8.11. The highest BCUT2D eigenvalue weighted by molar-refractivity contribution is 7.98. The van der Waals surface area contributed by atoms with Crippen molar-refractivity contribution in [2.75, 3.05) is 11.9 Å². The van der Waals surface area contributed by atoms with Crippen LogP contribution in [0.25, 0.3) is 0 Å². The van der Waals surface area contributed by atoms with Crippen molar-refractivity contribution in [2.45, 2.75) is 4.90 Å². The maximum atomic E-state index is 14.8. The van der Waals surface area contributed by atoms with E-state index in [2.05, 4.69) is 33.3 Å². The monoisotopic (exact) mass is 454 g/mol. The van der Waals surface area contributed by atoms with Crippen LogP contribution in [0.2, 0.25) is 10.0 Å². The molecule has 29 heavy (non-hydrogen) atoms. The highest BCUT2D eigenvalue weighted by Crippen LogP contribution is 2.44. The highest BCUT2D eigenvalue weighted by Gasteiger charge is 2.25. The number of rotatable bonds is 6. The van der Waals surface area contributed by atoms with Gasteiger partial charge in [-0.05, 0) is 42.9 Å². The van der Waals surface area contributed by atoms with E-state index in [0.717, 1.165) is 18.0 Å². The van der Waals surface area contributed by atoms with Crippen molar-refractivity contribution >= 4 is 53.5 Å². The van der Waals surface area contributed by atoms with Gasteiger partial charge in [-0.3, -0.25) is 9.71 Å². The van der Waals surface area contributed by atoms with Crippen LogP contribution in [0.5, 0.6) is 11.5 Å². The summed E-state index contributed by atoms with van der Waals surface area (Å²) in [5.74, 6) is -1.03. The molecule has 0 fully saturated rings. The summed E-state index contributed by atoms with van der Waals surface area (Å²) in [5, 5.41) is 3.12. The molecular formula is C19H14Cl2F2N4OS. The van der Waals surface area contributed by atoms with Crippen molar-refractivity contribution in [3.8, 4) is 11.5 Å². The minimum atomic E-state index is -0.759. The molecule has 1 aliphatic heterocycles. The third-order valence-electron chi connectivity index (χ3n) is 3.72. The van der Waals surface area contributed by atoms with Crippen molar-refractivity contribution in [1.82, 2.24) is 4.72 Å². The number of halogens is 4. The molecule has 0 spiro atoms. The maximum Gasteiger partial charge on any atom is 0.206 e. The molecule has 0 amide bonds. The largest absolute Gasteiger partial charge is 0.450 e. The number of aliphatic imine (C=N–C) groups is 2. The number of nitrogens with zero attached hydrogens (tertiary/aromatic N) is 2. The molecule has 0 atom stereocenters. The molecule has 0 saturated heterocycles. The topological polar surface area (TPSA) is 58.0 Å². The van der Waals surface area contributed by atoms with Gasteiger partial charge in [-0.1, -0.05) is 41.9 Å². The van der Waals surface area contributed by atoms with E-state index in [4.69, 9.17) is 27.9 Å². The normalized spacial score (nSPS) is 15.0. The molecule has 3 rings (SSSR count). The Balaban J connectivity index is 1.96. The summed E-state index contributed by atoms with van der Waals surface area (Å²) < 4.78 is 37.0. The standard InChI is InChI=1S/C19H14Cl2F2N4OS/c1-3-12(22)13(24-2)9-25-19-26-17-15(29-27-19)8-11(21)16(23)18(17)28-14-7-5-4-6-10(14)20/h3-8H,1-2,9H2,(H2,25,26,27)/b13-12+. The first-order chi connectivity index (χ1) is 13.9. The van der Waals surface area contributed by atoms with Gasteiger partial charge < -0.3 is 10.1 Å². The van der Waals surface area contributed by atoms with E-state index < -0.39 is 11.6 Å². The van der Waals surface area contributed by atoms with E-state index in [1.165, 1.54) is 6.07 Å². The molecule has 0 aromatic heterocycles. The van der Waals surface area contributed by atoms with Gasteiger partial charge in [0.2, 0.25) is 5.96 Å². The fourth-order valence-electron chi connectivity index (χ4n) is 2.30. The zero-order valence-corrected chi connectivity index (χ0v) is 17.1. The molecule has 0 aliphatic carbocycles. The number of guanidine groups is 1. The van der Waals surface area contributed by atoms with Gasteiger partial charge in [-0.2, -0.15) is 0 Å². The average molecular weight is 455 g/mol. The summed E-state index contributed by atoms with van der Waals surface area (Å²) in [4.78, 5) is 8.37. The average Bonchev–Trinajstić information content (AvgIpc) is 2.73. The summed E-state index contributed by atoms with van der Waals surface area (Å²) in [6, 6.07) is 8.09. The SMILES string of the molecule is C=C/C(F)=C(/CN=C1NSc2cc(Cl)c(F)c(Oc3ccccc3Cl)c2N1)N=C. The van der Waals surface area contributed by atoms with Crippen LogP contribution in [0.1, 0.15) is 0 Å². The van der Waals surface area contributed by atoms with Crippen LogP contribution in [-0.2, 0) is 0 Å². The molecule has 1 aliphatic rings. The van der Waals surface area contributed by atoms with Gasteiger partial charge in [-0.15, -0.1) is 0 Å². The molecule has 2 N–H and O–H groups in total. The van der Waals surface area contributed by atoms with Crippen LogP contribution >= 0.6 is 35.1 Å². The Morgan fingerprint density at radius 3 is 2.72 bits per heavy atom. The fraction of sp³-hybridized carbons (Fsp3) is 0.0526. The summed E-state index contributed by atoms with van der Waals surface area (Å²) >= 11 is 13.3. The Bertz CT molecular complexity index is 1040. The van der Waals surface area contributed by atoms with Crippen LogP contribution in [0, 0.1) is 5.82 Å². The van der Waals surface area contributed by atoms with Gasteiger partial charge in [0.1, 0.15) is 17.3 Å². The summed E-state index contributed by atoms with van der Waals surface area (Å²) in [5.41, 5.74) is 0.317. The zero-order valence-electron chi connectivity index (χ0n) is 14.8. The van der Waals surface area contributed by atoms with E-state index in [-0.39, 0.29) is 34.7 Å². The molecule has 5 nitrogen and oxygen atoms in total. The minimum absolute atomic E-state index is 0.0155. The first-order valence-corrected chi connectivity index (χ1v) is 9.68. The molecule has 0 bridgehead atoms. The lowest BCUT2D eigenvalue weighted by Crippen LogP contribution is -2.30. The highest BCUT2D eigenvalue weighted by atomic mass is 35.5. The van der Waals surface area contributed by atoms with E-state index in [9.17, 15) is 8.78 Å². The number of benzene rings is 2. The number of para-hydroxylation sites is 1. The molecule has 150 valence electrons. The number of allylic oxidation sites excluding steroid dienone is 2. The van der Waals surface area contributed by atoms with Crippen molar-refractivity contribution < 1.29 is 13.5 Å². The van der Waals surface area contributed by atoms with Gasteiger partial charge in [0.15, 0.2) is 11.6 Å². The maximum absolute atomic E-state index is 14.8. The Morgan fingerprint density at radius 2 is 2.03 bits per heavy atom. The molecule has 1 heterocycles. The summed E-state index contributed by atoms with van der Waals surface area (Å²) in [6.07, 6.45) is 1.02. The van der Waals surface area contributed by atoms with E-state index in [1.807, 2.05) is 0 Å². The number of nitrogens with one attached hydrogen (secondary N) is 2. The van der Waals surface area contributed by atoms with Gasteiger partial charge in [0.25, 0.3) is 0 Å². The zero-order chi connectivity index (χ0) is 21.0. The van der Waals surface area contributed by atoms with Crippen molar-refractivity contribution in [3.05, 3.63) is 70.4 Å². The van der Waals surface area contributed by atoms with Gasteiger partial charge in [-0.25, -0.2) is 13.8 Å². The number of anilines is 1. The van der Waals surface area contributed by atoms with E-state index in [0.29, 0.717) is 15.6 Å². The molecule has 2 aromatic carbocycles. The number of ether oxygens (including phenoxy) is 1. The number of fused-ring (bicyclic) bond motifs is 1. The Morgan fingerprint density at radius 1 is 1.28 bits per heavy atom. The Hall–Kier alpha value is -2.55. The first kappa shape index (κ1) is 21.2. The molecular weight excluding hydrogens is 441 g/mol. The Labute approximate surface area is 180 Å². The van der Waals surface area contributed by atoms with Crippen LogP contribution in [0.15, 0.2) is 69.4 Å². The number of hydrogen-bond acceptors (Lipinski definition) is 4. The van der Waals surface area contributed by atoms with Gasteiger partial charge in [0, 0.05) is 0 Å². The van der Waals surface area contributed by atoms with Gasteiger partial charge in [0.05, 0.1) is 27.2 Å². The molecule has 0 unspecified atom stereocenters. The Kier molecular flexibility index (Phi) is 6.79. The van der Waals surface area contributed by atoms with Crippen LogP contribution in [-0.4, -0.2) is 19.2 Å². The van der Waals surface area contributed by atoms with Crippen molar-refractivity contribution in [1.29, 1.82) is 0 Å². The predicted molar refractivity (Wildman–Crippen MR) is 116 cm³/mol. The third kappa shape index (κ3) is 4.72. The second-order valence-electron chi connectivity index (χ2n) is 5.56. The van der Waals surface area contributed by atoms with Crippen LogP contribution in [0.4, 0.5) is 14.5 Å². The van der Waals surface area contributed by atoms with Gasteiger partial charge >= 0.3 is 0 Å². The lowest BCUT2D eigenvalue weighted by atomic mass is 10.2. The summed E-state index contributed by atoms with van der Waals surface area (Å²) in [7, 11) is 0. The van der Waals surface area contributed by atoms with Crippen molar-refractivity contribution in [3.63, 3.8) is 0 Å². The van der Waals surface area contributed by atoms with Crippen LogP contribution in [0.3, 0.4) is 0 Å². The smallest absolute Gasteiger partial charge is 0.206 e. The predicted octanol–water partition coefficient (Wildman–Crippen LogP) is 6.37. The van der Waals surface area contributed by atoms with E-state index in [1.54, 1.807) is 24.3 Å². The third-order valence-corrected chi connectivity index (χ3v) is 5.15. The second-order valence-corrected chi connectivity index (χ2v) is 7.22. The molecule has 0 radical (unpaired) electrons. The number of hydrogen-bond donors (Lipinski definition) is 2.